The summed E-state index contributed by atoms with van der Waals surface area (Å²) in [6.07, 6.45) is 2.02. The number of hydrogen-bond acceptors (Lipinski definition) is 5. The average molecular weight is 435 g/mol. The van der Waals surface area contributed by atoms with Crippen LogP contribution < -0.4 is 9.20 Å². The second kappa shape index (κ2) is 8.78. The summed E-state index contributed by atoms with van der Waals surface area (Å²) >= 11 is 2.87. The Kier molecular flexibility index (Phi) is 5.74. The number of hydrogen-bond donors (Lipinski definition) is 0. The number of nitrogens with zero attached hydrogens (tertiary/aromatic N) is 4. The molecule has 0 saturated carbocycles. The number of nitriles is 2. The average Bonchev–Trinajstić information content (AvgIpc) is 3.36. The minimum absolute atomic E-state index is 0.00526. The molecule has 31 heavy (non-hydrogen) atoms. The number of rotatable bonds is 3. The van der Waals surface area contributed by atoms with Gasteiger partial charge >= 0.3 is 0 Å². The maximum Gasteiger partial charge on any atom is 0.208 e. The van der Waals surface area contributed by atoms with Crippen molar-refractivity contribution in [2.45, 2.75) is 6.92 Å². The third kappa shape index (κ3) is 3.89. The van der Waals surface area contributed by atoms with E-state index in [2.05, 4.69) is 9.83 Å². The van der Waals surface area contributed by atoms with Crippen LogP contribution in [0.1, 0.15) is 9.75 Å². The first kappa shape index (κ1) is 20.3. The molecule has 0 spiro atoms. The summed E-state index contributed by atoms with van der Waals surface area (Å²) in [5.41, 5.74) is 4.15. The first-order chi connectivity index (χ1) is 15.2. The molecule has 0 atom stereocenters. The smallest absolute Gasteiger partial charge is 0.208 e. The maximum atomic E-state index is 9.32. The lowest BCUT2D eigenvalue weighted by Crippen LogP contribution is -2.01. The predicted octanol–water partition coefficient (Wildman–Crippen LogP) is 5.42. The first-order valence-corrected chi connectivity index (χ1v) is 10.9. The molecule has 0 aliphatic rings. The minimum Gasteiger partial charge on any atom is -0.236 e. The molecular weight excluding hydrogens is 420 g/mol. The van der Waals surface area contributed by atoms with Crippen LogP contribution in [0.25, 0.3) is 38.9 Å². The SMILES string of the molecule is [C-]#[N+]c1c(C)sc(/C=c2\sc(=C(C#N)C#N)nc2-c2ccccc2)c1-c1ccccc1. The van der Waals surface area contributed by atoms with Crippen molar-refractivity contribution in [3.63, 3.8) is 0 Å². The molecule has 4 rings (SSSR count). The number of thiophene rings is 1. The molecule has 2 aromatic heterocycles. The van der Waals surface area contributed by atoms with Crippen molar-refractivity contribution in [3.8, 4) is 34.5 Å². The predicted molar refractivity (Wildman–Crippen MR) is 126 cm³/mol. The molecule has 0 radical (unpaired) electrons. The topological polar surface area (TPSA) is 64.8 Å². The molecule has 0 amide bonds. The van der Waals surface area contributed by atoms with Gasteiger partial charge in [0.15, 0.2) is 5.57 Å². The number of thiazole rings is 1. The van der Waals surface area contributed by atoms with Crippen molar-refractivity contribution in [2.75, 3.05) is 0 Å². The van der Waals surface area contributed by atoms with Crippen LogP contribution in [0.5, 0.6) is 0 Å². The van der Waals surface area contributed by atoms with Gasteiger partial charge < -0.3 is 0 Å². The normalized spacial score (nSPS) is 10.8. The van der Waals surface area contributed by atoms with E-state index in [1.54, 1.807) is 11.3 Å². The van der Waals surface area contributed by atoms with Crippen molar-refractivity contribution < 1.29 is 0 Å². The molecule has 2 heterocycles. The van der Waals surface area contributed by atoms with Gasteiger partial charge in [-0.05, 0) is 18.6 Å². The van der Waals surface area contributed by atoms with Gasteiger partial charge in [0.05, 0.1) is 16.8 Å². The van der Waals surface area contributed by atoms with Gasteiger partial charge in [-0.3, -0.25) is 0 Å². The fourth-order valence-electron chi connectivity index (χ4n) is 3.26. The highest BCUT2D eigenvalue weighted by molar-refractivity contribution is 7.14. The second-order valence-electron chi connectivity index (χ2n) is 6.56. The van der Waals surface area contributed by atoms with Gasteiger partial charge in [-0.25, -0.2) is 9.83 Å². The van der Waals surface area contributed by atoms with E-state index in [1.807, 2.05) is 85.8 Å². The van der Waals surface area contributed by atoms with Gasteiger partial charge in [-0.2, -0.15) is 21.9 Å². The third-order valence-corrected chi connectivity index (χ3v) is 6.72. The molecule has 0 saturated heterocycles. The highest BCUT2D eigenvalue weighted by Gasteiger charge is 2.17. The number of aryl methyl sites for hydroxylation is 1. The highest BCUT2D eigenvalue weighted by atomic mass is 32.1. The van der Waals surface area contributed by atoms with E-state index < -0.39 is 0 Å². The fourth-order valence-corrected chi connectivity index (χ4v) is 5.37. The van der Waals surface area contributed by atoms with Crippen molar-refractivity contribution in [1.82, 2.24) is 4.98 Å². The van der Waals surface area contributed by atoms with E-state index >= 15 is 0 Å². The Balaban J connectivity index is 2.06. The molecular formula is C25H14N4S2. The standard InChI is InChI=1S/C25H14N4S2/c1-16-23(28-2)22(17-9-5-3-6-10-17)20(30-16)13-21-24(18-11-7-4-8-12-18)29-25(31-21)19(14-26)15-27/h3-13H,1H3/b21-13-. The Labute approximate surface area is 187 Å². The van der Waals surface area contributed by atoms with Crippen molar-refractivity contribution >= 4 is 40.0 Å². The van der Waals surface area contributed by atoms with Gasteiger partial charge in [0.2, 0.25) is 5.69 Å². The Morgan fingerprint density at radius 1 is 0.968 bits per heavy atom. The summed E-state index contributed by atoms with van der Waals surface area (Å²) in [6.45, 7) is 9.64. The Morgan fingerprint density at radius 2 is 1.58 bits per heavy atom. The largest absolute Gasteiger partial charge is 0.236 e. The molecule has 0 bridgehead atoms. The van der Waals surface area contributed by atoms with Gasteiger partial charge in [0.25, 0.3) is 0 Å². The van der Waals surface area contributed by atoms with E-state index in [4.69, 9.17) is 6.57 Å². The van der Waals surface area contributed by atoms with E-state index in [0.29, 0.717) is 10.4 Å². The lowest BCUT2D eigenvalue weighted by Gasteiger charge is -2.02. The monoisotopic (exact) mass is 434 g/mol. The van der Waals surface area contributed by atoms with Crippen LogP contribution in [0.2, 0.25) is 0 Å². The number of benzene rings is 2. The van der Waals surface area contributed by atoms with Crippen LogP contribution in [-0.4, -0.2) is 4.98 Å². The summed E-state index contributed by atoms with van der Waals surface area (Å²) in [6, 6.07) is 23.4. The van der Waals surface area contributed by atoms with Gasteiger partial charge in [0, 0.05) is 20.9 Å². The van der Waals surface area contributed by atoms with Crippen LogP contribution in [0.4, 0.5) is 5.69 Å². The molecule has 4 aromatic rings. The number of aromatic nitrogens is 1. The molecule has 0 unspecified atom stereocenters. The molecule has 4 nitrogen and oxygen atoms in total. The third-order valence-electron chi connectivity index (χ3n) is 4.65. The molecule has 0 fully saturated rings. The molecule has 0 N–H and O–H groups in total. The molecule has 2 aromatic carbocycles. The minimum atomic E-state index is -0.00526. The van der Waals surface area contributed by atoms with E-state index in [0.717, 1.165) is 36.7 Å². The van der Waals surface area contributed by atoms with E-state index in [9.17, 15) is 10.5 Å². The second-order valence-corrected chi connectivity index (χ2v) is 8.85. The molecule has 0 aliphatic carbocycles. The van der Waals surface area contributed by atoms with Crippen LogP contribution in [0.3, 0.4) is 0 Å². The highest BCUT2D eigenvalue weighted by Crippen LogP contribution is 2.42. The quantitative estimate of drug-likeness (QED) is 0.404. The summed E-state index contributed by atoms with van der Waals surface area (Å²) in [5.74, 6) is 0. The Bertz CT molecular complexity index is 1490. The lowest BCUT2D eigenvalue weighted by atomic mass is 10.0. The molecule has 146 valence electrons. The summed E-state index contributed by atoms with van der Waals surface area (Å²) in [7, 11) is 0. The fraction of sp³-hybridized carbons (Fsp3) is 0.0400. The first-order valence-electron chi connectivity index (χ1n) is 9.31. The van der Waals surface area contributed by atoms with Crippen LogP contribution in [0, 0.1) is 36.2 Å². The van der Waals surface area contributed by atoms with E-state index in [1.165, 1.54) is 11.3 Å². The van der Waals surface area contributed by atoms with Crippen LogP contribution in [-0.2, 0) is 0 Å². The Hall–Kier alpha value is -4.02. The lowest BCUT2D eigenvalue weighted by molar-refractivity contribution is 1.33. The van der Waals surface area contributed by atoms with Crippen molar-refractivity contribution in [3.05, 3.63) is 91.0 Å². The Morgan fingerprint density at radius 3 is 2.16 bits per heavy atom. The summed E-state index contributed by atoms with van der Waals surface area (Å²) in [4.78, 5) is 10.3. The zero-order valence-electron chi connectivity index (χ0n) is 16.5. The zero-order chi connectivity index (χ0) is 21.8. The molecule has 0 aliphatic heterocycles. The zero-order valence-corrected chi connectivity index (χ0v) is 18.1. The van der Waals surface area contributed by atoms with E-state index in [-0.39, 0.29) is 5.57 Å². The summed E-state index contributed by atoms with van der Waals surface area (Å²) in [5, 5.41) is 18.6. The van der Waals surface area contributed by atoms with Crippen molar-refractivity contribution in [1.29, 1.82) is 10.5 Å². The molecule has 6 heteroatoms. The van der Waals surface area contributed by atoms with Gasteiger partial charge in [-0.1, -0.05) is 60.7 Å². The van der Waals surface area contributed by atoms with Crippen molar-refractivity contribution in [2.24, 2.45) is 0 Å². The van der Waals surface area contributed by atoms with Gasteiger partial charge in [-0.15, -0.1) is 11.3 Å². The van der Waals surface area contributed by atoms with Crippen LogP contribution >= 0.6 is 22.7 Å². The summed E-state index contributed by atoms with van der Waals surface area (Å²) < 4.78 is 1.24. The van der Waals surface area contributed by atoms with Crippen LogP contribution in [0.15, 0.2) is 60.7 Å². The maximum absolute atomic E-state index is 9.32. The van der Waals surface area contributed by atoms with Gasteiger partial charge in [0.1, 0.15) is 16.8 Å².